The molecule has 0 atom stereocenters. The summed E-state index contributed by atoms with van der Waals surface area (Å²) in [5, 5.41) is 13.0. The number of piperidine rings is 1. The number of nitro groups is 1. The fourth-order valence-electron chi connectivity index (χ4n) is 3.96. The first-order valence-electron chi connectivity index (χ1n) is 10.3. The number of hydrogen-bond donors (Lipinski definition) is 0. The van der Waals surface area contributed by atoms with Crippen molar-refractivity contribution < 1.29 is 22.9 Å². The van der Waals surface area contributed by atoms with Gasteiger partial charge >= 0.3 is 5.97 Å². The Morgan fingerprint density at radius 2 is 1.79 bits per heavy atom. The molecule has 1 saturated heterocycles. The van der Waals surface area contributed by atoms with Crippen molar-refractivity contribution >= 4 is 44.1 Å². The van der Waals surface area contributed by atoms with Gasteiger partial charge in [-0.15, -0.1) is 0 Å². The highest BCUT2D eigenvalue weighted by Gasteiger charge is 2.34. The Kier molecular flexibility index (Phi) is 6.64. The number of nitrogens with zero attached hydrogens (tertiary/aromatic N) is 2. The van der Waals surface area contributed by atoms with Crippen molar-refractivity contribution in [2.24, 2.45) is 5.92 Å². The maximum atomic E-state index is 13.0. The molecule has 172 valence electrons. The van der Waals surface area contributed by atoms with E-state index in [0.717, 1.165) is 28.5 Å². The molecule has 4 rings (SSSR count). The third-order valence-electron chi connectivity index (χ3n) is 5.78. The first-order chi connectivity index (χ1) is 15.8. The summed E-state index contributed by atoms with van der Waals surface area (Å²) in [6, 6.07) is 17.0. The summed E-state index contributed by atoms with van der Waals surface area (Å²) in [6.07, 6.45) is 0.584. The number of benzene rings is 3. The van der Waals surface area contributed by atoms with E-state index in [1.165, 1.54) is 10.4 Å². The molecule has 0 aromatic heterocycles. The number of halogens is 1. The molecular weight excluding hydrogens is 468 g/mol. The molecule has 1 fully saturated rings. The second-order valence-corrected chi connectivity index (χ2v) is 10.1. The zero-order valence-corrected chi connectivity index (χ0v) is 19.1. The number of rotatable bonds is 6. The smallest absolute Gasteiger partial charge is 0.309 e. The number of carbonyl (C=O) groups excluding carboxylic acids is 1. The summed E-state index contributed by atoms with van der Waals surface area (Å²) in [5.41, 5.74) is 0.548. The molecule has 33 heavy (non-hydrogen) atoms. The minimum absolute atomic E-state index is 0.0859. The van der Waals surface area contributed by atoms with Crippen molar-refractivity contribution in [1.29, 1.82) is 0 Å². The van der Waals surface area contributed by atoms with Gasteiger partial charge in [-0.25, -0.2) is 8.42 Å². The van der Waals surface area contributed by atoms with Crippen LogP contribution in [0.4, 0.5) is 5.69 Å². The molecule has 8 nitrogen and oxygen atoms in total. The molecule has 0 radical (unpaired) electrons. The van der Waals surface area contributed by atoms with E-state index in [-0.39, 0.29) is 41.3 Å². The van der Waals surface area contributed by atoms with Crippen molar-refractivity contribution in [3.63, 3.8) is 0 Å². The lowest BCUT2D eigenvalue weighted by Gasteiger charge is -2.30. The fourth-order valence-corrected chi connectivity index (χ4v) is 5.92. The molecule has 1 aliphatic rings. The van der Waals surface area contributed by atoms with Crippen molar-refractivity contribution in [1.82, 2.24) is 4.31 Å². The molecule has 0 spiro atoms. The van der Waals surface area contributed by atoms with Crippen molar-refractivity contribution in [2.75, 3.05) is 13.1 Å². The fraction of sp³-hybridized carbons (Fsp3) is 0.261. The topological polar surface area (TPSA) is 107 Å². The van der Waals surface area contributed by atoms with Crippen LogP contribution in [0.3, 0.4) is 0 Å². The molecule has 0 unspecified atom stereocenters. The van der Waals surface area contributed by atoms with Gasteiger partial charge in [0.15, 0.2) is 0 Å². The van der Waals surface area contributed by atoms with Crippen LogP contribution in [-0.2, 0) is 26.2 Å². The Hall–Kier alpha value is -3.01. The lowest BCUT2D eigenvalue weighted by atomic mass is 9.98. The van der Waals surface area contributed by atoms with Gasteiger partial charge in [0.2, 0.25) is 10.0 Å². The highest BCUT2D eigenvalue weighted by atomic mass is 35.5. The Labute approximate surface area is 195 Å². The quantitative estimate of drug-likeness (QED) is 0.286. The van der Waals surface area contributed by atoms with Gasteiger partial charge < -0.3 is 4.74 Å². The van der Waals surface area contributed by atoms with Crippen molar-refractivity contribution in [2.45, 2.75) is 24.3 Å². The third-order valence-corrected chi connectivity index (χ3v) is 8.16. The van der Waals surface area contributed by atoms with E-state index in [2.05, 4.69) is 0 Å². The minimum Gasteiger partial charge on any atom is -0.461 e. The summed E-state index contributed by atoms with van der Waals surface area (Å²) in [7, 11) is -4.03. The lowest BCUT2D eigenvalue weighted by Crippen LogP contribution is -2.40. The summed E-state index contributed by atoms with van der Waals surface area (Å²) in [4.78, 5) is 22.7. The molecule has 3 aromatic rings. The molecule has 10 heteroatoms. The monoisotopic (exact) mass is 488 g/mol. The summed E-state index contributed by atoms with van der Waals surface area (Å²) in [5.74, 6) is -0.791. The van der Waals surface area contributed by atoms with Crippen LogP contribution in [0.25, 0.3) is 10.8 Å². The number of sulfonamides is 1. The van der Waals surface area contributed by atoms with E-state index < -0.39 is 20.9 Å². The number of carbonyl (C=O) groups is 1. The van der Waals surface area contributed by atoms with Gasteiger partial charge in [-0.3, -0.25) is 14.9 Å². The van der Waals surface area contributed by atoms with E-state index in [1.807, 2.05) is 42.5 Å². The molecule has 1 heterocycles. The Morgan fingerprint density at radius 1 is 1.09 bits per heavy atom. The maximum Gasteiger partial charge on any atom is 0.309 e. The molecular formula is C23H21ClN2O6S. The van der Waals surface area contributed by atoms with Gasteiger partial charge in [-0.1, -0.05) is 54.1 Å². The van der Waals surface area contributed by atoms with Crippen LogP contribution in [0.1, 0.15) is 18.4 Å². The molecule has 0 N–H and O–H groups in total. The predicted molar refractivity (Wildman–Crippen MR) is 123 cm³/mol. The lowest BCUT2D eigenvalue weighted by molar-refractivity contribution is -0.385. The number of nitro benzene ring substituents is 1. The molecule has 1 aliphatic heterocycles. The number of esters is 1. The number of hydrogen-bond acceptors (Lipinski definition) is 6. The number of non-ortho nitro benzene ring substituents is 1. The van der Waals surface area contributed by atoms with Crippen LogP contribution in [0.5, 0.6) is 0 Å². The van der Waals surface area contributed by atoms with Crippen LogP contribution in [0, 0.1) is 16.0 Å². The van der Waals surface area contributed by atoms with Gasteiger partial charge in [0.25, 0.3) is 5.69 Å². The van der Waals surface area contributed by atoms with Crippen LogP contribution in [-0.4, -0.2) is 36.7 Å². The van der Waals surface area contributed by atoms with Gasteiger partial charge in [-0.2, -0.15) is 4.31 Å². The van der Waals surface area contributed by atoms with Gasteiger partial charge in [-0.05, 0) is 35.2 Å². The molecule has 0 bridgehead atoms. The molecule has 0 amide bonds. The molecule has 0 saturated carbocycles. The first-order valence-corrected chi connectivity index (χ1v) is 12.2. The Balaban J connectivity index is 1.40. The summed E-state index contributed by atoms with van der Waals surface area (Å²) in [6.45, 7) is 0.326. The first kappa shape index (κ1) is 23.2. The second kappa shape index (κ2) is 9.46. The third kappa shape index (κ3) is 4.85. The predicted octanol–water partition coefficient (Wildman–Crippen LogP) is 4.55. The van der Waals surface area contributed by atoms with Crippen LogP contribution >= 0.6 is 11.6 Å². The van der Waals surface area contributed by atoms with Gasteiger partial charge in [0.1, 0.15) is 11.5 Å². The van der Waals surface area contributed by atoms with Crippen molar-refractivity contribution in [3.05, 3.63) is 81.4 Å². The van der Waals surface area contributed by atoms with Gasteiger partial charge in [0, 0.05) is 25.2 Å². The van der Waals surface area contributed by atoms with E-state index >= 15 is 0 Å². The van der Waals surface area contributed by atoms with Gasteiger partial charge in [0.05, 0.1) is 15.9 Å². The van der Waals surface area contributed by atoms with E-state index in [0.29, 0.717) is 12.8 Å². The zero-order chi connectivity index (χ0) is 23.6. The molecule has 3 aromatic carbocycles. The Morgan fingerprint density at radius 3 is 2.52 bits per heavy atom. The van der Waals surface area contributed by atoms with Crippen LogP contribution in [0.15, 0.2) is 65.6 Å². The van der Waals surface area contributed by atoms with E-state index in [1.54, 1.807) is 0 Å². The molecule has 0 aliphatic carbocycles. The maximum absolute atomic E-state index is 13.0. The van der Waals surface area contributed by atoms with Crippen LogP contribution in [0.2, 0.25) is 5.02 Å². The summed E-state index contributed by atoms with van der Waals surface area (Å²) >= 11 is 6.02. The SMILES string of the molecule is O=C(OCc1cccc2ccccc12)C1CCN(S(=O)(=O)c2cc([N+](=O)[O-])ccc2Cl)CC1. The number of ether oxygens (including phenoxy) is 1. The zero-order valence-electron chi connectivity index (χ0n) is 17.5. The van der Waals surface area contributed by atoms with Crippen LogP contribution < -0.4 is 0 Å². The second-order valence-electron chi connectivity index (χ2n) is 7.80. The largest absolute Gasteiger partial charge is 0.461 e. The van der Waals surface area contributed by atoms with E-state index in [4.69, 9.17) is 16.3 Å². The highest BCUT2D eigenvalue weighted by molar-refractivity contribution is 7.89. The Bertz CT molecular complexity index is 1310. The standard InChI is InChI=1S/C23H21ClN2O6S/c24-21-9-8-19(26(28)29)14-22(21)33(30,31)25-12-10-17(11-13-25)23(27)32-15-18-6-3-5-16-4-1-2-7-20(16)18/h1-9,14,17H,10-13,15H2. The summed E-state index contributed by atoms with van der Waals surface area (Å²) < 4.78 is 32.7. The highest BCUT2D eigenvalue weighted by Crippen LogP contribution is 2.31. The number of fused-ring (bicyclic) bond motifs is 1. The van der Waals surface area contributed by atoms with E-state index in [9.17, 15) is 23.3 Å². The minimum atomic E-state index is -4.03. The average Bonchev–Trinajstić information content (AvgIpc) is 2.82. The van der Waals surface area contributed by atoms with Crippen molar-refractivity contribution in [3.8, 4) is 0 Å². The average molecular weight is 489 g/mol. The normalized spacial score (nSPS) is 15.4.